The second-order valence-electron chi connectivity index (χ2n) is 7.90. The van der Waals surface area contributed by atoms with Crippen LogP contribution in [0.1, 0.15) is 30.3 Å². The van der Waals surface area contributed by atoms with Crippen LogP contribution in [0.15, 0.2) is 22.9 Å². The molecular formula is C20H24N4O4. The maximum Gasteiger partial charge on any atom is 0.270 e. The summed E-state index contributed by atoms with van der Waals surface area (Å²) in [6.45, 7) is 5.43. The predicted molar refractivity (Wildman–Crippen MR) is 102 cm³/mol. The minimum atomic E-state index is -0.173. The molecule has 6 heterocycles. The zero-order valence-electron chi connectivity index (χ0n) is 15.9. The van der Waals surface area contributed by atoms with Crippen molar-refractivity contribution in [3.63, 3.8) is 0 Å². The first-order valence-electron chi connectivity index (χ1n) is 9.92. The Hall–Kier alpha value is -2.45. The zero-order valence-corrected chi connectivity index (χ0v) is 15.9. The Balaban J connectivity index is 1.40. The summed E-state index contributed by atoms with van der Waals surface area (Å²) in [4.78, 5) is 33.5. The lowest BCUT2D eigenvalue weighted by Crippen LogP contribution is -2.62. The van der Waals surface area contributed by atoms with Crippen molar-refractivity contribution in [3.8, 4) is 0 Å². The summed E-state index contributed by atoms with van der Waals surface area (Å²) in [5.74, 6) is 0.244. The molecule has 1 N–H and O–H groups in total. The second-order valence-corrected chi connectivity index (χ2v) is 7.90. The highest BCUT2D eigenvalue weighted by atomic mass is 16.5. The van der Waals surface area contributed by atoms with Crippen molar-refractivity contribution in [3.05, 3.63) is 24.2 Å². The average Bonchev–Trinajstić information content (AvgIpc) is 3.14. The van der Waals surface area contributed by atoms with Crippen molar-refractivity contribution in [2.75, 3.05) is 37.7 Å². The molecule has 0 spiro atoms. The molecule has 8 heteroatoms. The van der Waals surface area contributed by atoms with Gasteiger partial charge in [-0.25, -0.2) is 4.98 Å². The monoisotopic (exact) mass is 384 g/mol. The smallest absolute Gasteiger partial charge is 0.270 e. The zero-order chi connectivity index (χ0) is 19.3. The summed E-state index contributed by atoms with van der Waals surface area (Å²) >= 11 is 0. The van der Waals surface area contributed by atoms with E-state index in [1.54, 1.807) is 23.4 Å². The highest BCUT2D eigenvalue weighted by Crippen LogP contribution is 2.33. The van der Waals surface area contributed by atoms with Gasteiger partial charge in [-0.15, -0.1) is 0 Å². The molecule has 2 bridgehead atoms. The van der Waals surface area contributed by atoms with Crippen LogP contribution in [0.5, 0.6) is 0 Å². The number of pyridine rings is 1. The van der Waals surface area contributed by atoms with Crippen molar-refractivity contribution in [1.29, 1.82) is 0 Å². The van der Waals surface area contributed by atoms with Gasteiger partial charge in [0.2, 0.25) is 0 Å². The first-order chi connectivity index (χ1) is 13.6. The summed E-state index contributed by atoms with van der Waals surface area (Å²) in [6, 6.07) is 2.21. The molecule has 4 saturated heterocycles. The summed E-state index contributed by atoms with van der Waals surface area (Å²) in [7, 11) is 0. The van der Waals surface area contributed by atoms with E-state index in [2.05, 4.69) is 22.1 Å². The van der Waals surface area contributed by atoms with Crippen LogP contribution in [-0.2, 0) is 9.53 Å². The highest BCUT2D eigenvalue weighted by molar-refractivity contribution is 6.05. The van der Waals surface area contributed by atoms with Crippen LogP contribution in [0.4, 0.5) is 5.69 Å². The molecule has 4 fully saturated rings. The van der Waals surface area contributed by atoms with E-state index < -0.39 is 0 Å². The fourth-order valence-corrected chi connectivity index (χ4v) is 4.80. The average molecular weight is 384 g/mol. The molecule has 0 aliphatic carbocycles. The number of rotatable bonds is 3. The molecule has 6 rings (SSSR count). The SMILES string of the molecule is C[C@@H]1[C@H](NC(=O)c2cc3c(N4CCOCC4=O)coc3cn2)C2CCN1CC2. The molecule has 2 aromatic heterocycles. The molecule has 8 nitrogen and oxygen atoms in total. The first-order valence-corrected chi connectivity index (χ1v) is 9.92. The van der Waals surface area contributed by atoms with Crippen molar-refractivity contribution in [1.82, 2.24) is 15.2 Å². The number of ether oxygens (including phenoxy) is 1. The number of anilines is 1. The van der Waals surface area contributed by atoms with Crippen LogP contribution in [-0.4, -0.2) is 66.6 Å². The molecule has 4 aliphatic rings. The number of aromatic nitrogens is 1. The summed E-state index contributed by atoms with van der Waals surface area (Å²) in [5.41, 5.74) is 1.57. The topological polar surface area (TPSA) is 87.9 Å². The van der Waals surface area contributed by atoms with E-state index >= 15 is 0 Å². The van der Waals surface area contributed by atoms with Gasteiger partial charge < -0.3 is 19.4 Å². The van der Waals surface area contributed by atoms with Crippen molar-refractivity contribution < 1.29 is 18.7 Å². The maximum absolute atomic E-state index is 12.9. The Kier molecular flexibility index (Phi) is 4.32. The molecular weight excluding hydrogens is 360 g/mol. The Morgan fingerprint density at radius 2 is 2.11 bits per heavy atom. The number of hydrogen-bond acceptors (Lipinski definition) is 6. The van der Waals surface area contributed by atoms with Crippen LogP contribution in [0.3, 0.4) is 0 Å². The first kappa shape index (κ1) is 17.6. The Morgan fingerprint density at radius 1 is 1.29 bits per heavy atom. The molecule has 2 aromatic rings. The Morgan fingerprint density at radius 3 is 2.86 bits per heavy atom. The van der Waals surface area contributed by atoms with Crippen LogP contribution >= 0.6 is 0 Å². The molecule has 2 atom stereocenters. The van der Waals surface area contributed by atoms with Gasteiger partial charge in [-0.2, -0.15) is 0 Å². The van der Waals surface area contributed by atoms with Crippen LogP contribution < -0.4 is 10.2 Å². The van der Waals surface area contributed by atoms with E-state index in [0.717, 1.165) is 31.3 Å². The third kappa shape index (κ3) is 2.87. The number of carbonyl (C=O) groups is 2. The van der Waals surface area contributed by atoms with E-state index in [1.165, 1.54) is 0 Å². The predicted octanol–water partition coefficient (Wildman–Crippen LogP) is 1.40. The molecule has 0 radical (unpaired) electrons. The van der Waals surface area contributed by atoms with Crippen molar-refractivity contribution in [2.45, 2.75) is 31.8 Å². The standard InChI is InChI=1S/C20H24N4O4/c1-12-19(13-2-4-23(12)5-3-13)22-20(26)15-8-14-16(10-28-17(14)9-21-15)24-6-7-27-11-18(24)25/h8-10,12-13,19H,2-7,11H2,1H3,(H,22,26)/t12-,19+/m1/s1. The maximum atomic E-state index is 12.9. The second kappa shape index (κ2) is 6.86. The van der Waals surface area contributed by atoms with E-state index in [-0.39, 0.29) is 24.5 Å². The minimum Gasteiger partial charge on any atom is -0.460 e. The summed E-state index contributed by atoms with van der Waals surface area (Å²) in [6.07, 6.45) is 5.37. The lowest BCUT2D eigenvalue weighted by atomic mass is 9.79. The molecule has 148 valence electrons. The van der Waals surface area contributed by atoms with Gasteiger partial charge in [0, 0.05) is 24.0 Å². The van der Waals surface area contributed by atoms with Gasteiger partial charge in [-0.05, 0) is 44.8 Å². The van der Waals surface area contributed by atoms with E-state index in [4.69, 9.17) is 9.15 Å². The number of fused-ring (bicyclic) bond motifs is 4. The number of morpholine rings is 1. The van der Waals surface area contributed by atoms with E-state index in [0.29, 0.717) is 42.1 Å². The van der Waals surface area contributed by atoms with E-state index in [1.807, 2.05) is 0 Å². The lowest BCUT2D eigenvalue weighted by Gasteiger charge is -2.49. The number of hydrogen-bond donors (Lipinski definition) is 1. The van der Waals surface area contributed by atoms with Crippen LogP contribution in [0.2, 0.25) is 0 Å². The van der Waals surface area contributed by atoms with Crippen LogP contribution in [0.25, 0.3) is 11.0 Å². The molecule has 0 unspecified atom stereocenters. The molecule has 4 aliphatic heterocycles. The van der Waals surface area contributed by atoms with Gasteiger partial charge in [0.25, 0.3) is 11.8 Å². The number of nitrogens with one attached hydrogen (secondary N) is 1. The highest BCUT2D eigenvalue weighted by Gasteiger charge is 2.40. The largest absolute Gasteiger partial charge is 0.460 e. The summed E-state index contributed by atoms with van der Waals surface area (Å²) < 4.78 is 10.8. The van der Waals surface area contributed by atoms with Gasteiger partial charge in [0.1, 0.15) is 18.6 Å². The van der Waals surface area contributed by atoms with Gasteiger partial charge >= 0.3 is 0 Å². The van der Waals surface area contributed by atoms with Crippen molar-refractivity contribution in [2.24, 2.45) is 5.92 Å². The lowest BCUT2D eigenvalue weighted by molar-refractivity contribution is -0.125. The molecule has 28 heavy (non-hydrogen) atoms. The molecule has 2 amide bonds. The summed E-state index contributed by atoms with van der Waals surface area (Å²) in [5, 5.41) is 3.93. The Labute approximate surface area is 162 Å². The third-order valence-corrected chi connectivity index (χ3v) is 6.43. The fraction of sp³-hybridized carbons (Fsp3) is 0.550. The number of furan rings is 1. The normalized spacial score (nSPS) is 30.0. The minimum absolute atomic E-state index is 0.0581. The van der Waals surface area contributed by atoms with Gasteiger partial charge in [0.05, 0.1) is 18.5 Å². The van der Waals surface area contributed by atoms with Crippen molar-refractivity contribution >= 4 is 28.5 Å². The number of piperidine rings is 3. The fourth-order valence-electron chi connectivity index (χ4n) is 4.80. The van der Waals surface area contributed by atoms with Crippen LogP contribution in [0, 0.1) is 5.92 Å². The van der Waals surface area contributed by atoms with Gasteiger partial charge in [0.15, 0.2) is 5.58 Å². The number of nitrogens with zero attached hydrogens (tertiary/aromatic N) is 3. The molecule has 0 aromatic carbocycles. The van der Waals surface area contributed by atoms with E-state index in [9.17, 15) is 9.59 Å². The quantitative estimate of drug-likeness (QED) is 0.861. The van der Waals surface area contributed by atoms with Gasteiger partial charge in [-0.3, -0.25) is 14.5 Å². The Bertz CT molecular complexity index is 916. The molecule has 0 saturated carbocycles. The van der Waals surface area contributed by atoms with Gasteiger partial charge in [-0.1, -0.05) is 0 Å². The number of amides is 2. The third-order valence-electron chi connectivity index (χ3n) is 6.43. The number of carbonyl (C=O) groups excluding carboxylic acids is 2.